The molecule has 10 aromatic carbocycles. The topological polar surface area (TPSA) is 32.9 Å². The summed E-state index contributed by atoms with van der Waals surface area (Å²) in [5.74, 6) is 0. The number of fused-ring (bicyclic) bond motifs is 14. The maximum absolute atomic E-state index is 6.67. The van der Waals surface area contributed by atoms with E-state index in [0.29, 0.717) is 0 Å². The quantitative estimate of drug-likeness (QED) is 0.170. The largest absolute Gasteiger partial charge is 0.439 e. The number of rotatable bonds is 5. The number of para-hydroxylation sites is 7. The zero-order chi connectivity index (χ0) is 43.7. The zero-order valence-electron chi connectivity index (χ0n) is 36.1. The molecule has 312 valence electrons. The fraction of sp³-hybridized carbons (Fsp3) is 0. The molecular formula is C62H38N4O. The van der Waals surface area contributed by atoms with E-state index >= 15 is 0 Å². The van der Waals surface area contributed by atoms with Gasteiger partial charge in [-0.25, -0.2) is 0 Å². The van der Waals surface area contributed by atoms with Crippen LogP contribution in [-0.4, -0.2) is 18.3 Å². The van der Waals surface area contributed by atoms with Gasteiger partial charge in [0.2, 0.25) is 5.71 Å². The fourth-order valence-corrected chi connectivity index (χ4v) is 11.3. The van der Waals surface area contributed by atoms with Crippen molar-refractivity contribution in [3.63, 3.8) is 0 Å². The molecule has 5 heterocycles. The van der Waals surface area contributed by atoms with E-state index in [1.54, 1.807) is 0 Å². The SMILES string of the molecule is c1ccc(-n2c3oc4ccccc4c3c3cccc(-c4ccc(-n5c6ccc(-n7c8ccccc8c8ccccc87)cc6c6cc(-n7c8ccccc8c8ccccc87)ccc65)cc4)c32)cc1. The maximum atomic E-state index is 6.67. The average Bonchev–Trinajstić information content (AvgIpc) is 4.19. The third kappa shape index (κ3) is 5.08. The monoisotopic (exact) mass is 854 g/mol. The van der Waals surface area contributed by atoms with E-state index in [0.717, 1.165) is 72.5 Å². The van der Waals surface area contributed by atoms with Gasteiger partial charge in [0.1, 0.15) is 5.58 Å². The van der Waals surface area contributed by atoms with Gasteiger partial charge in [-0.2, -0.15) is 0 Å². The molecule has 15 rings (SSSR count). The first-order valence-electron chi connectivity index (χ1n) is 22.9. The molecule has 0 aliphatic carbocycles. The molecule has 0 bridgehead atoms. The molecule has 0 atom stereocenters. The Bertz CT molecular complexity index is 4220. The minimum atomic E-state index is 0.859. The lowest BCUT2D eigenvalue weighted by atomic mass is 10.0. The number of furan rings is 1. The molecule has 15 aromatic rings. The molecule has 5 aromatic heterocycles. The molecular weight excluding hydrogens is 817 g/mol. The normalized spacial score (nSPS) is 12.2. The van der Waals surface area contributed by atoms with Gasteiger partial charge >= 0.3 is 0 Å². The first kappa shape index (κ1) is 36.3. The lowest BCUT2D eigenvalue weighted by Gasteiger charge is -2.13. The van der Waals surface area contributed by atoms with Crippen LogP contribution in [0.1, 0.15) is 0 Å². The number of benzene rings is 10. The van der Waals surface area contributed by atoms with Crippen molar-refractivity contribution in [2.75, 3.05) is 0 Å². The number of nitrogens with zero attached hydrogens (tertiary/aromatic N) is 4. The van der Waals surface area contributed by atoms with Crippen molar-refractivity contribution < 1.29 is 4.42 Å². The Morgan fingerprint density at radius 3 is 1.24 bits per heavy atom. The summed E-state index contributed by atoms with van der Waals surface area (Å²) in [6.45, 7) is 0. The number of hydrogen-bond donors (Lipinski definition) is 0. The third-order valence-electron chi connectivity index (χ3n) is 14.2. The second kappa shape index (κ2) is 13.7. The minimum Gasteiger partial charge on any atom is -0.439 e. The summed E-state index contributed by atoms with van der Waals surface area (Å²) in [7, 11) is 0. The molecule has 0 aliphatic rings. The molecule has 0 aliphatic heterocycles. The average molecular weight is 855 g/mol. The standard InChI is InChI=1S/C62H38N4O/c1-2-15-40(16-3-1)66-61-44(22-14-23-50(61)60-49-21-8-13-28-59(49)67-62(60)66)39-29-31-41(32-30-39)63-57-35-33-42(64-53-24-9-4-17-45(53)46-18-5-10-25-54(46)64)37-51(57)52-38-43(34-36-58(52)63)65-55-26-11-6-19-47(55)48-20-7-12-27-56(48)65/h1-38H. The van der Waals surface area contributed by atoms with Crippen LogP contribution in [0.25, 0.3) is 132 Å². The molecule has 0 saturated carbocycles. The van der Waals surface area contributed by atoms with Crippen molar-refractivity contribution in [2.24, 2.45) is 0 Å². The van der Waals surface area contributed by atoms with Crippen molar-refractivity contribution in [1.29, 1.82) is 0 Å². The highest BCUT2D eigenvalue weighted by molar-refractivity contribution is 6.22. The Hall–Kier alpha value is -9.06. The van der Waals surface area contributed by atoms with Crippen LogP contribution in [0.5, 0.6) is 0 Å². The van der Waals surface area contributed by atoms with Gasteiger partial charge < -0.3 is 18.1 Å². The van der Waals surface area contributed by atoms with E-state index in [2.05, 4.69) is 243 Å². The van der Waals surface area contributed by atoms with E-state index in [-0.39, 0.29) is 0 Å². The van der Waals surface area contributed by atoms with Gasteiger partial charge in [0.05, 0.1) is 44.0 Å². The Balaban J connectivity index is 0.956. The van der Waals surface area contributed by atoms with Crippen LogP contribution in [0, 0.1) is 0 Å². The lowest BCUT2D eigenvalue weighted by molar-refractivity contribution is 0.645. The molecule has 0 N–H and O–H groups in total. The minimum absolute atomic E-state index is 0.859. The highest BCUT2D eigenvalue weighted by atomic mass is 16.3. The second-order valence-electron chi connectivity index (χ2n) is 17.7. The Morgan fingerprint density at radius 2 is 0.687 bits per heavy atom. The van der Waals surface area contributed by atoms with Crippen LogP contribution in [-0.2, 0) is 0 Å². The molecule has 5 heteroatoms. The molecule has 0 fully saturated rings. The van der Waals surface area contributed by atoms with Crippen LogP contribution >= 0.6 is 0 Å². The summed E-state index contributed by atoms with van der Waals surface area (Å²) in [5.41, 5.74) is 16.7. The summed E-state index contributed by atoms with van der Waals surface area (Å²) < 4.78 is 16.2. The molecule has 0 radical (unpaired) electrons. The molecule has 0 unspecified atom stereocenters. The Morgan fingerprint density at radius 1 is 0.269 bits per heavy atom. The first-order chi connectivity index (χ1) is 33.3. The molecule has 67 heavy (non-hydrogen) atoms. The van der Waals surface area contributed by atoms with E-state index in [1.807, 2.05) is 6.07 Å². The van der Waals surface area contributed by atoms with E-state index in [1.165, 1.54) is 59.8 Å². The highest BCUT2D eigenvalue weighted by Gasteiger charge is 2.23. The van der Waals surface area contributed by atoms with Crippen molar-refractivity contribution in [3.05, 3.63) is 231 Å². The van der Waals surface area contributed by atoms with E-state index in [9.17, 15) is 0 Å². The molecule has 0 spiro atoms. The van der Waals surface area contributed by atoms with Gasteiger partial charge in [-0.3, -0.25) is 4.57 Å². The van der Waals surface area contributed by atoms with E-state index in [4.69, 9.17) is 4.42 Å². The van der Waals surface area contributed by atoms with Crippen LogP contribution in [0.2, 0.25) is 0 Å². The van der Waals surface area contributed by atoms with Crippen molar-refractivity contribution in [1.82, 2.24) is 18.3 Å². The van der Waals surface area contributed by atoms with Gasteiger partial charge in [-0.05, 0) is 96.6 Å². The highest BCUT2D eigenvalue weighted by Crippen LogP contribution is 2.44. The summed E-state index contributed by atoms with van der Waals surface area (Å²) in [4.78, 5) is 0. The molecule has 0 saturated heterocycles. The maximum Gasteiger partial charge on any atom is 0.213 e. The van der Waals surface area contributed by atoms with Crippen molar-refractivity contribution in [2.45, 2.75) is 0 Å². The van der Waals surface area contributed by atoms with Gasteiger partial charge in [-0.15, -0.1) is 0 Å². The van der Waals surface area contributed by atoms with Gasteiger partial charge in [-0.1, -0.05) is 140 Å². The van der Waals surface area contributed by atoms with Gasteiger partial charge in [0, 0.05) is 71.4 Å². The van der Waals surface area contributed by atoms with Crippen LogP contribution in [0.3, 0.4) is 0 Å². The smallest absolute Gasteiger partial charge is 0.213 e. The number of hydrogen-bond acceptors (Lipinski definition) is 1. The van der Waals surface area contributed by atoms with Crippen molar-refractivity contribution in [3.8, 4) is 33.9 Å². The zero-order valence-corrected chi connectivity index (χ0v) is 36.1. The van der Waals surface area contributed by atoms with Crippen molar-refractivity contribution >= 4 is 98.4 Å². The van der Waals surface area contributed by atoms with Crippen LogP contribution in [0.15, 0.2) is 235 Å². The fourth-order valence-electron chi connectivity index (χ4n) is 11.3. The predicted octanol–water partition coefficient (Wildman–Crippen LogP) is 16.5. The molecule has 5 nitrogen and oxygen atoms in total. The second-order valence-corrected chi connectivity index (χ2v) is 17.7. The first-order valence-corrected chi connectivity index (χ1v) is 22.9. The number of aromatic nitrogens is 4. The van der Waals surface area contributed by atoms with Gasteiger partial charge in [0.15, 0.2) is 0 Å². The molecule has 0 amide bonds. The van der Waals surface area contributed by atoms with E-state index < -0.39 is 0 Å². The Labute approximate surface area is 383 Å². The summed E-state index contributed by atoms with van der Waals surface area (Å²) >= 11 is 0. The summed E-state index contributed by atoms with van der Waals surface area (Å²) in [6.07, 6.45) is 0. The summed E-state index contributed by atoms with van der Waals surface area (Å²) in [6, 6.07) is 83.7. The third-order valence-corrected chi connectivity index (χ3v) is 14.2. The Kier molecular flexibility index (Phi) is 7.44. The van der Waals surface area contributed by atoms with Crippen LogP contribution < -0.4 is 0 Å². The summed E-state index contributed by atoms with van der Waals surface area (Å²) in [5, 5.41) is 10.8. The van der Waals surface area contributed by atoms with Gasteiger partial charge in [0.25, 0.3) is 0 Å². The predicted molar refractivity (Wildman–Crippen MR) is 279 cm³/mol. The van der Waals surface area contributed by atoms with Crippen LogP contribution in [0.4, 0.5) is 0 Å². The lowest BCUT2D eigenvalue weighted by Crippen LogP contribution is -1.97.